The molecule has 0 aliphatic carbocycles. The Kier molecular flexibility index (Phi) is 15.5. The van der Waals surface area contributed by atoms with Crippen LogP contribution in [-0.2, 0) is 42.1 Å². The van der Waals surface area contributed by atoms with E-state index in [9.17, 15) is 0 Å². The third kappa shape index (κ3) is 10.2. The molecule has 0 bridgehead atoms. The molecule has 18 rings (SSSR count). The molecule has 86 heavy (non-hydrogen) atoms. The molecule has 0 amide bonds. The number of rotatable bonds is 4. The summed E-state index contributed by atoms with van der Waals surface area (Å²) in [6.07, 6.45) is 7.21. The minimum absolute atomic E-state index is 0. The van der Waals surface area contributed by atoms with Crippen LogP contribution in [0, 0.1) is 12.1 Å². The summed E-state index contributed by atoms with van der Waals surface area (Å²) in [6, 6.07) is 98.4. The monoisotopic (exact) mass is 1460 g/mol. The van der Waals surface area contributed by atoms with E-state index in [0.717, 1.165) is 77.8 Å². The average Bonchev–Trinajstić information content (AvgIpc) is 2.61. The van der Waals surface area contributed by atoms with Crippen molar-refractivity contribution in [3.63, 3.8) is 0 Å². The van der Waals surface area contributed by atoms with Crippen LogP contribution in [0.3, 0.4) is 0 Å². The maximum atomic E-state index is 4.64. The molecule has 18 aromatic rings. The molecule has 0 spiro atoms. The Morgan fingerprint density at radius 3 is 1.00 bits per heavy atom. The van der Waals surface area contributed by atoms with E-state index in [1.54, 1.807) is 12.4 Å². The van der Waals surface area contributed by atoms with Crippen LogP contribution >= 0.6 is 0 Å². The van der Waals surface area contributed by atoms with Crippen LogP contribution in [0.1, 0.15) is 0 Å². The van der Waals surface area contributed by atoms with E-state index in [0.29, 0.717) is 0 Å². The van der Waals surface area contributed by atoms with Gasteiger partial charge in [0.2, 0.25) is 0 Å². The van der Waals surface area contributed by atoms with Gasteiger partial charge in [-0.2, -0.15) is 0 Å². The van der Waals surface area contributed by atoms with Crippen molar-refractivity contribution >= 4 is 109 Å². The molecule has 0 saturated heterocycles. The maximum absolute atomic E-state index is 4.64. The second-order valence-electron chi connectivity index (χ2n) is 20.4. The van der Waals surface area contributed by atoms with Crippen molar-refractivity contribution in [2.75, 3.05) is 0 Å². The molecule has 412 valence electrons. The zero-order chi connectivity index (χ0) is 55.8. The predicted octanol–water partition coefficient (Wildman–Crippen LogP) is 18.3. The Balaban J connectivity index is 0.000000108. The predicted molar refractivity (Wildman–Crippen MR) is 346 cm³/mol. The Labute approximate surface area is 524 Å². The summed E-state index contributed by atoms with van der Waals surface area (Å²) < 4.78 is 4.67. The van der Waals surface area contributed by atoms with Crippen molar-refractivity contribution in [1.82, 2.24) is 39.0 Å². The summed E-state index contributed by atoms with van der Waals surface area (Å²) in [7, 11) is 0. The van der Waals surface area contributed by atoms with Crippen LogP contribution in [-0.4, -0.2) is 29.1 Å². The molecule has 8 heterocycles. The van der Waals surface area contributed by atoms with Crippen molar-refractivity contribution in [1.29, 1.82) is 0 Å². The van der Waals surface area contributed by atoms with Gasteiger partial charge in [0.1, 0.15) is 0 Å². The SMILES string of the molecule is [Pt+2].[Pt+2].[c-]1ccc2ccccc2c1-c1ccccn1.[c-]1ccc2ccccc2c1-c1ccccn1.c1cnc2[n-]c3ccc(-n4c5ccccc5c5ccccc54)cc3c2c1.c1cnc2[n-]c3ccc(-n4c5ccccc5c5ccccc54)cc3c2c1. The summed E-state index contributed by atoms with van der Waals surface area (Å²) in [6.45, 7) is 0. The molecule has 0 unspecified atom stereocenters. The fraction of sp³-hybridized carbons (Fsp3) is 0. The molecule has 0 aliphatic rings. The fourth-order valence-electron chi connectivity index (χ4n) is 11.7. The Morgan fingerprint density at radius 1 is 0.279 bits per heavy atom. The zero-order valence-corrected chi connectivity index (χ0v) is 50.5. The van der Waals surface area contributed by atoms with Gasteiger partial charge in [-0.15, -0.1) is 58.3 Å². The van der Waals surface area contributed by atoms with Crippen molar-refractivity contribution in [3.8, 4) is 33.9 Å². The number of nitrogens with zero attached hydrogens (tertiary/aromatic N) is 8. The second kappa shape index (κ2) is 24.2. The number of pyridine rings is 4. The Bertz CT molecular complexity index is 4960. The van der Waals surface area contributed by atoms with Crippen LogP contribution in [0.5, 0.6) is 0 Å². The van der Waals surface area contributed by atoms with Gasteiger partial charge in [0.15, 0.2) is 0 Å². The van der Waals surface area contributed by atoms with Crippen molar-refractivity contribution in [3.05, 3.63) is 304 Å². The van der Waals surface area contributed by atoms with Gasteiger partial charge in [0.25, 0.3) is 0 Å². The molecule has 0 fully saturated rings. The standard InChI is InChI=1S/2C23H14N3.2C15H10N.2Pt/c2*1-3-9-21-16(6-1)17-7-2-4-10-22(17)26(21)15-11-12-20-19(14-15)18-8-5-13-24-23(18)25-20;2*1-2-8-13-12(6-1)7-5-9-14(13)15-10-3-4-11-16-15;;/h2*1-14H;2*1-8,10-11H;;/q4*-1;2*+2. The number of aromatic nitrogens is 8. The molecular formula is C76H48N8Pt2. The largest absolute Gasteiger partial charge is 2.00 e. The van der Waals surface area contributed by atoms with Gasteiger partial charge in [0.05, 0.1) is 22.1 Å². The van der Waals surface area contributed by atoms with E-state index in [4.69, 9.17) is 0 Å². The maximum Gasteiger partial charge on any atom is 2.00 e. The molecular weight excluding hydrogens is 1420 g/mol. The van der Waals surface area contributed by atoms with Crippen LogP contribution in [0.15, 0.2) is 292 Å². The van der Waals surface area contributed by atoms with Gasteiger partial charge in [-0.05, 0) is 105 Å². The minimum Gasteiger partial charge on any atom is -0.442 e. The normalized spacial score (nSPS) is 11.1. The van der Waals surface area contributed by atoms with E-state index in [2.05, 4.69) is 233 Å². The number of para-hydroxylation sites is 4. The molecule has 0 aliphatic heterocycles. The van der Waals surface area contributed by atoms with Crippen LogP contribution in [0.2, 0.25) is 0 Å². The first-order valence-corrected chi connectivity index (χ1v) is 27.9. The van der Waals surface area contributed by atoms with Crippen molar-refractivity contribution in [2.24, 2.45) is 0 Å². The fourth-order valence-corrected chi connectivity index (χ4v) is 11.7. The van der Waals surface area contributed by atoms with E-state index < -0.39 is 0 Å². The molecule has 8 aromatic heterocycles. The second-order valence-corrected chi connectivity index (χ2v) is 20.4. The van der Waals surface area contributed by atoms with Crippen LogP contribution < -0.4 is 9.97 Å². The van der Waals surface area contributed by atoms with Gasteiger partial charge in [-0.25, -0.2) is 0 Å². The van der Waals surface area contributed by atoms with Crippen molar-refractivity contribution in [2.45, 2.75) is 0 Å². The molecule has 10 heteroatoms. The third-order valence-electron chi connectivity index (χ3n) is 15.5. The first-order valence-electron chi connectivity index (χ1n) is 27.9. The van der Waals surface area contributed by atoms with Gasteiger partial charge >= 0.3 is 42.1 Å². The summed E-state index contributed by atoms with van der Waals surface area (Å²) in [4.78, 5) is 26.8. The quantitative estimate of drug-likeness (QED) is 0.163. The third-order valence-corrected chi connectivity index (χ3v) is 15.5. The smallest absolute Gasteiger partial charge is 0.442 e. The van der Waals surface area contributed by atoms with Gasteiger partial charge in [-0.3, -0.25) is 0 Å². The van der Waals surface area contributed by atoms with Crippen LogP contribution in [0.4, 0.5) is 0 Å². The van der Waals surface area contributed by atoms with Crippen molar-refractivity contribution < 1.29 is 42.1 Å². The Morgan fingerprint density at radius 2 is 0.616 bits per heavy atom. The molecule has 0 atom stereocenters. The van der Waals surface area contributed by atoms with Gasteiger partial charge in [-0.1, -0.05) is 216 Å². The van der Waals surface area contributed by atoms with E-state index >= 15 is 0 Å². The van der Waals surface area contributed by atoms with E-state index in [-0.39, 0.29) is 42.1 Å². The average molecular weight is 1460 g/mol. The molecule has 0 N–H and O–H groups in total. The Hall–Kier alpha value is -10.1. The number of benzene rings is 10. The molecule has 0 radical (unpaired) electrons. The van der Waals surface area contributed by atoms with Gasteiger partial charge < -0.3 is 39.0 Å². The number of fused-ring (bicyclic) bond motifs is 14. The number of hydrogen-bond donors (Lipinski definition) is 0. The van der Waals surface area contributed by atoms with E-state index in [1.807, 2.05) is 97.3 Å². The zero-order valence-electron chi connectivity index (χ0n) is 45.9. The summed E-state index contributed by atoms with van der Waals surface area (Å²) in [5.74, 6) is 0. The summed E-state index contributed by atoms with van der Waals surface area (Å²) >= 11 is 0. The minimum atomic E-state index is 0. The topological polar surface area (TPSA) is 89.6 Å². The first-order chi connectivity index (χ1) is 41.7. The molecule has 8 nitrogen and oxygen atoms in total. The summed E-state index contributed by atoms with van der Waals surface area (Å²) in [5.41, 5.74) is 14.8. The van der Waals surface area contributed by atoms with Crippen LogP contribution in [0.25, 0.3) is 143 Å². The van der Waals surface area contributed by atoms with Gasteiger partial charge in [0, 0.05) is 45.3 Å². The summed E-state index contributed by atoms with van der Waals surface area (Å²) in [5, 5.41) is 14.4. The first kappa shape index (κ1) is 55.1. The molecule has 10 aromatic carbocycles. The molecule has 0 saturated carbocycles. The number of hydrogen-bond acceptors (Lipinski definition) is 4. The van der Waals surface area contributed by atoms with E-state index in [1.165, 1.54) is 65.2 Å².